The van der Waals surface area contributed by atoms with Gasteiger partial charge in [0.05, 0.1) is 0 Å². The second-order valence-corrected chi connectivity index (χ2v) is 2.32. The molecule has 2 heteroatoms. The number of hydrogen-bond acceptors (Lipinski definition) is 1. The van der Waals surface area contributed by atoms with Crippen molar-refractivity contribution in [3.05, 3.63) is 24.3 Å². The van der Waals surface area contributed by atoms with Crippen LogP contribution >= 0.6 is 22.9 Å². The van der Waals surface area contributed by atoms with Crippen molar-refractivity contribution in [3.8, 4) is 0 Å². The van der Waals surface area contributed by atoms with Gasteiger partial charge >= 0.3 is 0 Å². The maximum atomic E-state index is 3.58. The summed E-state index contributed by atoms with van der Waals surface area (Å²) in [6, 6.07) is 0. The van der Waals surface area contributed by atoms with E-state index in [-0.39, 0.29) is 0 Å². The molecule has 1 N–H and O–H groups in total. The van der Waals surface area contributed by atoms with Crippen molar-refractivity contribution in [1.29, 1.82) is 0 Å². The van der Waals surface area contributed by atoms with Crippen LogP contribution in [0.3, 0.4) is 0 Å². The Labute approximate surface area is 64.4 Å². The number of allylic oxidation sites excluding steroid dienone is 2. The molecule has 0 bridgehead atoms. The number of halogens is 1. The Bertz CT molecular complexity index is 96.7. The van der Waals surface area contributed by atoms with Crippen molar-refractivity contribution in [3.63, 3.8) is 0 Å². The summed E-state index contributed by atoms with van der Waals surface area (Å²) in [5.74, 6) is 0. The van der Waals surface area contributed by atoms with Gasteiger partial charge in [-0.05, 0) is 6.92 Å². The monoisotopic (exact) mass is 223 g/mol. The van der Waals surface area contributed by atoms with Gasteiger partial charge in [0.1, 0.15) is 0 Å². The molecule has 0 atom stereocenters. The van der Waals surface area contributed by atoms with Gasteiger partial charge in [0.25, 0.3) is 0 Å². The summed E-state index contributed by atoms with van der Waals surface area (Å²) in [7, 11) is 0. The highest BCUT2D eigenvalue weighted by Gasteiger charge is 1.80. The molecule has 0 amide bonds. The van der Waals surface area contributed by atoms with Crippen molar-refractivity contribution < 1.29 is 0 Å². The molecule has 8 heavy (non-hydrogen) atoms. The van der Waals surface area contributed by atoms with Crippen LogP contribution in [0, 0.1) is 0 Å². The molecule has 0 aliphatic rings. The Morgan fingerprint density at radius 1 is 1.88 bits per heavy atom. The minimum absolute atomic E-state index is 0.937. The van der Waals surface area contributed by atoms with Crippen LogP contribution in [0.15, 0.2) is 24.3 Å². The van der Waals surface area contributed by atoms with Gasteiger partial charge in [-0.1, -0.05) is 24.3 Å². The average Bonchev–Trinajstić information content (AvgIpc) is 1.68. The molecule has 0 aromatic carbocycles. The first kappa shape index (κ1) is 8.17. The maximum absolute atomic E-state index is 3.58. The third-order valence-electron chi connectivity index (χ3n) is 0.748. The minimum atomic E-state index is 0.937. The number of rotatable bonds is 3. The van der Waals surface area contributed by atoms with E-state index in [4.69, 9.17) is 0 Å². The summed E-state index contributed by atoms with van der Waals surface area (Å²) < 4.78 is 3.01. The molecule has 46 valence electrons. The highest BCUT2D eigenvalue weighted by Crippen LogP contribution is 1.89. The fraction of sp³-hybridized carbons (Fsp3) is 0.333. The van der Waals surface area contributed by atoms with Gasteiger partial charge in [-0.3, -0.25) is 3.53 Å². The Hall–Kier alpha value is 0.170. The molecule has 0 aromatic rings. The van der Waals surface area contributed by atoms with E-state index in [0.717, 1.165) is 6.54 Å². The number of nitrogens with one attached hydrogen (secondary N) is 1. The van der Waals surface area contributed by atoms with Gasteiger partial charge in [-0.2, -0.15) is 0 Å². The van der Waals surface area contributed by atoms with Gasteiger partial charge in [0.2, 0.25) is 0 Å². The minimum Gasteiger partial charge on any atom is -0.257 e. The molecule has 0 aliphatic heterocycles. The summed E-state index contributed by atoms with van der Waals surface area (Å²) in [4.78, 5) is 0. The molecule has 0 radical (unpaired) electrons. The van der Waals surface area contributed by atoms with Crippen molar-refractivity contribution in [2.45, 2.75) is 6.92 Å². The van der Waals surface area contributed by atoms with Crippen molar-refractivity contribution in [2.75, 3.05) is 6.54 Å². The van der Waals surface area contributed by atoms with Gasteiger partial charge < -0.3 is 0 Å². The number of hydrogen-bond donors (Lipinski definition) is 1. The van der Waals surface area contributed by atoms with E-state index in [2.05, 4.69) is 39.9 Å². The highest BCUT2D eigenvalue weighted by atomic mass is 127. The standard InChI is InChI=1S/C6H10IN/c1-3-4-6(2)5-8-7/h3-4,8H,1,5H2,2H3/b6-4+. The van der Waals surface area contributed by atoms with E-state index in [9.17, 15) is 0 Å². The molecule has 0 spiro atoms. The molecule has 0 saturated carbocycles. The summed E-state index contributed by atoms with van der Waals surface area (Å²) in [5, 5.41) is 0. The summed E-state index contributed by atoms with van der Waals surface area (Å²) >= 11 is 2.12. The van der Waals surface area contributed by atoms with E-state index < -0.39 is 0 Å². The second-order valence-electron chi connectivity index (χ2n) is 1.56. The lowest BCUT2D eigenvalue weighted by molar-refractivity contribution is 1.09. The Balaban J connectivity index is 3.44. The van der Waals surface area contributed by atoms with E-state index in [1.54, 1.807) is 6.08 Å². The molecule has 0 aliphatic carbocycles. The van der Waals surface area contributed by atoms with Crippen LogP contribution in [0.1, 0.15) is 6.92 Å². The van der Waals surface area contributed by atoms with Crippen molar-refractivity contribution in [1.82, 2.24) is 3.53 Å². The van der Waals surface area contributed by atoms with Crippen molar-refractivity contribution >= 4 is 22.9 Å². The maximum Gasteiger partial charge on any atom is 0.0261 e. The fourth-order valence-electron chi connectivity index (χ4n) is 0.366. The molecule has 0 unspecified atom stereocenters. The Morgan fingerprint density at radius 3 is 2.88 bits per heavy atom. The lowest BCUT2D eigenvalue weighted by atomic mass is 10.3. The zero-order valence-electron chi connectivity index (χ0n) is 4.95. The lowest BCUT2D eigenvalue weighted by Gasteiger charge is -1.92. The first-order valence-electron chi connectivity index (χ1n) is 2.43. The Morgan fingerprint density at radius 2 is 2.50 bits per heavy atom. The predicted octanol–water partition coefficient (Wildman–Crippen LogP) is 2.06. The highest BCUT2D eigenvalue weighted by molar-refractivity contribution is 14.1. The Kier molecular flexibility index (Phi) is 5.42. The van der Waals surface area contributed by atoms with Gasteiger partial charge in [0.15, 0.2) is 0 Å². The first-order chi connectivity index (χ1) is 3.81. The molecule has 0 heterocycles. The van der Waals surface area contributed by atoms with Crippen LogP contribution in [0.25, 0.3) is 0 Å². The summed E-state index contributed by atoms with van der Waals surface area (Å²) in [6.45, 7) is 6.58. The van der Waals surface area contributed by atoms with Crippen LogP contribution in [-0.4, -0.2) is 6.54 Å². The third-order valence-corrected chi connectivity index (χ3v) is 1.13. The summed E-state index contributed by atoms with van der Waals surface area (Å²) in [5.41, 5.74) is 1.30. The van der Waals surface area contributed by atoms with Gasteiger partial charge in [0, 0.05) is 29.4 Å². The van der Waals surface area contributed by atoms with Gasteiger partial charge in [-0.15, -0.1) is 0 Å². The molecule has 0 rings (SSSR count). The van der Waals surface area contributed by atoms with E-state index in [0.29, 0.717) is 0 Å². The zero-order valence-corrected chi connectivity index (χ0v) is 7.10. The van der Waals surface area contributed by atoms with Crippen LogP contribution in [0.4, 0.5) is 0 Å². The molecule has 0 fully saturated rings. The van der Waals surface area contributed by atoms with Crippen molar-refractivity contribution in [2.24, 2.45) is 0 Å². The van der Waals surface area contributed by atoms with Crippen LogP contribution in [-0.2, 0) is 0 Å². The quantitative estimate of drug-likeness (QED) is 0.438. The fourth-order valence-corrected chi connectivity index (χ4v) is 0.967. The van der Waals surface area contributed by atoms with Crippen LogP contribution < -0.4 is 3.53 Å². The van der Waals surface area contributed by atoms with Gasteiger partial charge in [-0.25, -0.2) is 0 Å². The molecule has 1 nitrogen and oxygen atoms in total. The first-order valence-corrected chi connectivity index (χ1v) is 3.51. The van der Waals surface area contributed by atoms with Crippen LogP contribution in [0.2, 0.25) is 0 Å². The molecular formula is C6H10IN. The third kappa shape index (κ3) is 4.33. The molecular weight excluding hydrogens is 213 g/mol. The predicted molar refractivity (Wildman–Crippen MR) is 46.0 cm³/mol. The van der Waals surface area contributed by atoms with E-state index in [1.165, 1.54) is 5.57 Å². The normalized spacial score (nSPS) is 11.5. The average molecular weight is 223 g/mol. The topological polar surface area (TPSA) is 12.0 Å². The van der Waals surface area contributed by atoms with Crippen LogP contribution in [0.5, 0.6) is 0 Å². The second kappa shape index (κ2) is 5.31. The van der Waals surface area contributed by atoms with E-state index >= 15 is 0 Å². The largest absolute Gasteiger partial charge is 0.257 e. The zero-order chi connectivity index (χ0) is 6.41. The SMILES string of the molecule is C=C/C=C(\C)CNI. The lowest BCUT2D eigenvalue weighted by Crippen LogP contribution is -1.99. The molecule has 0 aromatic heterocycles. The van der Waals surface area contributed by atoms with E-state index in [1.807, 2.05) is 6.08 Å². The summed E-state index contributed by atoms with van der Waals surface area (Å²) in [6.07, 6.45) is 3.79. The smallest absolute Gasteiger partial charge is 0.0261 e. The molecule has 0 saturated heterocycles.